The van der Waals surface area contributed by atoms with Gasteiger partial charge < -0.3 is 5.32 Å². The van der Waals surface area contributed by atoms with Crippen molar-refractivity contribution in [2.75, 3.05) is 6.54 Å². The summed E-state index contributed by atoms with van der Waals surface area (Å²) >= 11 is 0. The van der Waals surface area contributed by atoms with Gasteiger partial charge in [0.1, 0.15) is 11.6 Å². The molecule has 2 aliphatic carbocycles. The van der Waals surface area contributed by atoms with Crippen molar-refractivity contribution in [2.45, 2.75) is 44.6 Å². The molecule has 1 aromatic heterocycles. The largest absolute Gasteiger partial charge is 0.300 e. The van der Waals surface area contributed by atoms with Gasteiger partial charge in [0, 0.05) is 0 Å². The van der Waals surface area contributed by atoms with Gasteiger partial charge in [0.05, 0.1) is 29.0 Å². The second-order valence-electron chi connectivity index (χ2n) is 7.62. The minimum Gasteiger partial charge on any atom is -0.300 e. The minimum atomic E-state index is -2.47. The summed E-state index contributed by atoms with van der Waals surface area (Å²) in [6, 6.07) is 5.31. The zero-order chi connectivity index (χ0) is 18.7. The Morgan fingerprint density at radius 2 is 1.88 bits per heavy atom. The minimum absolute atomic E-state index is 0.0757. The van der Waals surface area contributed by atoms with Crippen molar-refractivity contribution < 1.29 is 17.6 Å². The molecule has 1 aromatic carbocycles. The van der Waals surface area contributed by atoms with Crippen LogP contribution in [0.2, 0.25) is 0 Å². The van der Waals surface area contributed by atoms with Crippen LogP contribution in [0.3, 0.4) is 0 Å². The Hall–Kier alpha value is -2.02. The molecule has 0 spiro atoms. The van der Waals surface area contributed by atoms with Gasteiger partial charge in [-0.25, -0.2) is 17.6 Å². The van der Waals surface area contributed by atoms with E-state index in [1.165, 1.54) is 18.2 Å². The number of hydrogen-bond donors (Lipinski definition) is 1. The first-order valence-corrected chi connectivity index (χ1v) is 8.63. The molecular weight excluding hydrogens is 346 g/mol. The average molecular weight is 365 g/mol. The van der Waals surface area contributed by atoms with Crippen LogP contribution in [0, 0.1) is 17.0 Å². The molecule has 0 amide bonds. The summed E-state index contributed by atoms with van der Waals surface area (Å²) in [5, 5.41) is 11.3. The highest BCUT2D eigenvalue weighted by atomic mass is 19.3. The Kier molecular flexibility index (Phi) is 3.84. The fourth-order valence-corrected chi connectivity index (χ4v) is 4.83. The number of aromatic nitrogens is 2. The molecular formula is C19H19F4N3. The van der Waals surface area contributed by atoms with E-state index in [2.05, 4.69) is 15.5 Å². The molecule has 4 rings (SSSR count). The van der Waals surface area contributed by atoms with Gasteiger partial charge in [0.25, 0.3) is 6.43 Å². The predicted octanol–water partition coefficient (Wildman–Crippen LogP) is 4.39. The standard InChI is InChI=1S/C19H19F4N3/c1-18(2)11-6-7-19(18,24-9-15(22)23)17-10(11)8-14(25-26-17)16-12(20)4-3-5-13(16)21/h3-5,8,11,15,24H,6-7,9H2,1-2H3/t11-,19-/m0/s1. The summed E-state index contributed by atoms with van der Waals surface area (Å²) in [5.41, 5.74) is 0.355. The molecule has 1 N–H and O–H groups in total. The predicted molar refractivity (Wildman–Crippen MR) is 88.8 cm³/mol. The van der Waals surface area contributed by atoms with Crippen molar-refractivity contribution in [2.24, 2.45) is 5.41 Å². The van der Waals surface area contributed by atoms with Crippen molar-refractivity contribution in [1.29, 1.82) is 0 Å². The van der Waals surface area contributed by atoms with Crippen molar-refractivity contribution >= 4 is 0 Å². The van der Waals surface area contributed by atoms with Crippen LogP contribution in [0.25, 0.3) is 11.3 Å². The van der Waals surface area contributed by atoms with Gasteiger partial charge in [0.2, 0.25) is 0 Å². The number of alkyl halides is 2. The van der Waals surface area contributed by atoms with E-state index in [0.717, 1.165) is 12.0 Å². The van der Waals surface area contributed by atoms with Crippen LogP contribution >= 0.6 is 0 Å². The van der Waals surface area contributed by atoms with Gasteiger partial charge >= 0.3 is 0 Å². The summed E-state index contributed by atoms with van der Waals surface area (Å²) in [4.78, 5) is 0. The number of rotatable bonds is 4. The number of nitrogens with zero attached hydrogens (tertiary/aromatic N) is 2. The Morgan fingerprint density at radius 3 is 2.54 bits per heavy atom. The zero-order valence-electron chi connectivity index (χ0n) is 14.5. The number of hydrogen-bond acceptors (Lipinski definition) is 3. The van der Waals surface area contributed by atoms with Gasteiger partial charge in [-0.1, -0.05) is 19.9 Å². The molecule has 0 radical (unpaired) electrons. The highest BCUT2D eigenvalue weighted by molar-refractivity contribution is 5.63. The third-order valence-corrected chi connectivity index (χ3v) is 6.16. The molecule has 2 atom stereocenters. The van der Waals surface area contributed by atoms with E-state index in [-0.39, 0.29) is 22.6 Å². The highest BCUT2D eigenvalue weighted by Gasteiger charge is 2.63. The molecule has 26 heavy (non-hydrogen) atoms. The molecule has 1 heterocycles. The maximum Gasteiger partial charge on any atom is 0.250 e. The number of fused-ring (bicyclic) bond motifs is 5. The Morgan fingerprint density at radius 1 is 1.19 bits per heavy atom. The molecule has 0 aliphatic heterocycles. The van der Waals surface area contributed by atoms with Gasteiger partial charge in [-0.05, 0) is 47.9 Å². The smallest absolute Gasteiger partial charge is 0.250 e. The second-order valence-corrected chi connectivity index (χ2v) is 7.62. The third kappa shape index (κ3) is 2.22. The van der Waals surface area contributed by atoms with E-state index < -0.39 is 30.1 Å². The van der Waals surface area contributed by atoms with Gasteiger partial charge in [-0.2, -0.15) is 5.10 Å². The monoisotopic (exact) mass is 365 g/mol. The van der Waals surface area contributed by atoms with Crippen LogP contribution in [-0.2, 0) is 5.54 Å². The van der Waals surface area contributed by atoms with E-state index in [4.69, 9.17) is 0 Å². The summed E-state index contributed by atoms with van der Waals surface area (Å²) in [6.07, 6.45) is -0.976. The Balaban J connectivity index is 1.83. The first kappa shape index (κ1) is 17.4. The van der Waals surface area contributed by atoms with Crippen molar-refractivity contribution in [3.8, 4) is 11.3 Å². The molecule has 2 aliphatic rings. The lowest BCUT2D eigenvalue weighted by Crippen LogP contribution is -2.50. The Bertz CT molecular complexity index is 848. The average Bonchev–Trinajstić information content (AvgIpc) is 2.94. The fraction of sp³-hybridized carbons (Fsp3) is 0.474. The van der Waals surface area contributed by atoms with Crippen LogP contribution in [0.5, 0.6) is 0 Å². The molecule has 0 saturated heterocycles. The first-order chi connectivity index (χ1) is 12.3. The van der Waals surface area contributed by atoms with Crippen molar-refractivity contribution in [3.63, 3.8) is 0 Å². The van der Waals surface area contributed by atoms with Crippen molar-refractivity contribution in [1.82, 2.24) is 15.5 Å². The summed E-state index contributed by atoms with van der Waals surface area (Å²) in [5.74, 6) is -1.33. The molecule has 2 bridgehead atoms. The van der Waals surface area contributed by atoms with Crippen LogP contribution in [0.4, 0.5) is 17.6 Å². The highest BCUT2D eigenvalue weighted by Crippen LogP contribution is 2.66. The van der Waals surface area contributed by atoms with Crippen LogP contribution in [0.15, 0.2) is 24.3 Å². The van der Waals surface area contributed by atoms with Crippen LogP contribution in [0.1, 0.15) is 43.9 Å². The van der Waals surface area contributed by atoms with Crippen LogP contribution in [-0.4, -0.2) is 23.2 Å². The van der Waals surface area contributed by atoms with Gasteiger partial charge in [-0.15, -0.1) is 5.10 Å². The lowest BCUT2D eigenvalue weighted by atomic mass is 9.75. The lowest BCUT2D eigenvalue weighted by Gasteiger charge is -2.38. The quantitative estimate of drug-likeness (QED) is 0.817. The second kappa shape index (κ2) is 5.74. The maximum atomic E-state index is 14.1. The first-order valence-electron chi connectivity index (χ1n) is 8.63. The normalized spacial score (nSPS) is 25.7. The number of nitrogens with one attached hydrogen (secondary N) is 1. The van der Waals surface area contributed by atoms with Gasteiger partial charge in [0.15, 0.2) is 0 Å². The number of halogens is 4. The molecule has 0 unspecified atom stereocenters. The zero-order valence-corrected chi connectivity index (χ0v) is 14.5. The molecule has 7 heteroatoms. The van der Waals surface area contributed by atoms with Crippen molar-refractivity contribution in [3.05, 3.63) is 47.2 Å². The van der Waals surface area contributed by atoms with E-state index in [9.17, 15) is 17.6 Å². The summed E-state index contributed by atoms with van der Waals surface area (Å²) in [7, 11) is 0. The van der Waals surface area contributed by atoms with E-state index in [1.807, 2.05) is 13.8 Å². The van der Waals surface area contributed by atoms with Gasteiger partial charge in [-0.3, -0.25) is 0 Å². The molecule has 3 nitrogen and oxygen atoms in total. The summed E-state index contributed by atoms with van der Waals surface area (Å²) in [6.45, 7) is 3.61. The fourth-order valence-electron chi connectivity index (χ4n) is 4.83. The molecule has 2 aromatic rings. The van der Waals surface area contributed by atoms with E-state index in [1.54, 1.807) is 6.07 Å². The SMILES string of the molecule is CC1(C)[C@H]2CC[C@]1(NCC(F)F)c1nnc(-c3c(F)cccc3F)cc12. The van der Waals surface area contributed by atoms with E-state index in [0.29, 0.717) is 12.1 Å². The molecule has 1 saturated carbocycles. The van der Waals surface area contributed by atoms with Crippen LogP contribution < -0.4 is 5.32 Å². The summed E-state index contributed by atoms with van der Waals surface area (Å²) < 4.78 is 53.9. The Labute approximate surface area is 148 Å². The van der Waals surface area contributed by atoms with E-state index >= 15 is 0 Å². The number of benzene rings is 1. The molecule has 1 fully saturated rings. The topological polar surface area (TPSA) is 37.8 Å². The lowest BCUT2D eigenvalue weighted by molar-refractivity contribution is 0.0961. The molecule has 138 valence electrons. The third-order valence-electron chi connectivity index (χ3n) is 6.16. The maximum absolute atomic E-state index is 14.1.